The maximum atomic E-state index is 9.41. The molecule has 0 amide bonds. The lowest BCUT2D eigenvalue weighted by Gasteiger charge is -2.29. The highest BCUT2D eigenvalue weighted by molar-refractivity contribution is 7.99. The first-order chi connectivity index (χ1) is 6.35. The summed E-state index contributed by atoms with van der Waals surface area (Å²) in [5.41, 5.74) is 0.0928. The maximum Gasteiger partial charge on any atom is 0.0613 e. The van der Waals surface area contributed by atoms with Gasteiger partial charge in [-0.2, -0.15) is 11.8 Å². The van der Waals surface area contributed by atoms with Crippen molar-refractivity contribution in [1.82, 2.24) is 5.32 Å². The minimum atomic E-state index is 0.0928. The molecule has 0 aromatic carbocycles. The summed E-state index contributed by atoms with van der Waals surface area (Å²) in [4.78, 5) is 0. The first-order valence-corrected chi connectivity index (χ1v) is 6.44. The van der Waals surface area contributed by atoms with Crippen molar-refractivity contribution in [2.75, 3.05) is 24.7 Å². The first kappa shape index (κ1) is 9.81. The minimum absolute atomic E-state index is 0.0928. The molecule has 2 heterocycles. The smallest absolute Gasteiger partial charge is 0.0613 e. The molecule has 0 saturated carbocycles. The van der Waals surface area contributed by atoms with Gasteiger partial charge in [-0.1, -0.05) is 0 Å². The molecule has 0 aliphatic carbocycles. The van der Waals surface area contributed by atoms with Crippen LogP contribution in [0, 0.1) is 5.92 Å². The molecule has 2 atom stereocenters. The fourth-order valence-electron chi connectivity index (χ4n) is 2.54. The molecule has 0 aromatic rings. The number of thioether (sulfide) groups is 1. The van der Waals surface area contributed by atoms with Gasteiger partial charge >= 0.3 is 0 Å². The van der Waals surface area contributed by atoms with Crippen molar-refractivity contribution in [3.05, 3.63) is 0 Å². The quantitative estimate of drug-likeness (QED) is 0.720. The first-order valence-electron chi connectivity index (χ1n) is 5.28. The van der Waals surface area contributed by atoms with Crippen molar-refractivity contribution < 1.29 is 5.11 Å². The highest BCUT2D eigenvalue weighted by atomic mass is 32.2. The summed E-state index contributed by atoms with van der Waals surface area (Å²) in [5, 5.41) is 12.9. The Balaban J connectivity index is 1.88. The summed E-state index contributed by atoms with van der Waals surface area (Å²) < 4.78 is 0. The number of hydrogen-bond acceptors (Lipinski definition) is 3. The third kappa shape index (κ3) is 2.20. The SMILES string of the molecule is OCC1(CC2CCSC2)CCCN1. The lowest BCUT2D eigenvalue weighted by Crippen LogP contribution is -2.45. The molecular formula is C10H19NOS. The number of nitrogens with one attached hydrogen (secondary N) is 1. The van der Waals surface area contributed by atoms with Crippen LogP contribution in [0.15, 0.2) is 0 Å². The molecule has 2 saturated heterocycles. The topological polar surface area (TPSA) is 32.3 Å². The van der Waals surface area contributed by atoms with Crippen LogP contribution >= 0.6 is 11.8 Å². The van der Waals surface area contributed by atoms with Crippen LogP contribution in [0.2, 0.25) is 0 Å². The van der Waals surface area contributed by atoms with E-state index in [1.807, 2.05) is 0 Å². The van der Waals surface area contributed by atoms with Gasteiger partial charge in [0, 0.05) is 5.54 Å². The Morgan fingerprint density at radius 2 is 2.46 bits per heavy atom. The Labute approximate surface area is 84.5 Å². The number of rotatable bonds is 3. The van der Waals surface area contributed by atoms with Crippen LogP contribution in [0.3, 0.4) is 0 Å². The van der Waals surface area contributed by atoms with Crippen LogP contribution in [-0.4, -0.2) is 35.3 Å². The number of hydrogen-bond donors (Lipinski definition) is 2. The van der Waals surface area contributed by atoms with Crippen molar-refractivity contribution in [1.29, 1.82) is 0 Å². The normalized spacial score (nSPS) is 39.9. The monoisotopic (exact) mass is 201 g/mol. The van der Waals surface area contributed by atoms with E-state index in [9.17, 15) is 5.11 Å². The second kappa shape index (κ2) is 4.20. The zero-order valence-electron chi connectivity index (χ0n) is 8.09. The third-order valence-electron chi connectivity index (χ3n) is 3.34. The van der Waals surface area contributed by atoms with E-state index < -0.39 is 0 Å². The minimum Gasteiger partial charge on any atom is -0.394 e. The van der Waals surface area contributed by atoms with Gasteiger partial charge in [-0.05, 0) is 49.7 Å². The molecule has 2 aliphatic rings. The van der Waals surface area contributed by atoms with Crippen molar-refractivity contribution in [2.24, 2.45) is 5.92 Å². The van der Waals surface area contributed by atoms with E-state index in [2.05, 4.69) is 17.1 Å². The molecule has 2 rings (SSSR count). The van der Waals surface area contributed by atoms with Gasteiger partial charge in [0.15, 0.2) is 0 Å². The predicted octanol–water partition coefficient (Wildman–Crippen LogP) is 1.24. The molecule has 2 nitrogen and oxygen atoms in total. The lowest BCUT2D eigenvalue weighted by atomic mass is 9.86. The summed E-state index contributed by atoms with van der Waals surface area (Å²) in [6, 6.07) is 0. The lowest BCUT2D eigenvalue weighted by molar-refractivity contribution is 0.154. The van der Waals surface area contributed by atoms with Gasteiger partial charge in [-0.25, -0.2) is 0 Å². The van der Waals surface area contributed by atoms with E-state index in [1.165, 1.54) is 37.2 Å². The summed E-state index contributed by atoms with van der Waals surface area (Å²) in [7, 11) is 0. The summed E-state index contributed by atoms with van der Waals surface area (Å²) in [6.45, 7) is 1.43. The van der Waals surface area contributed by atoms with Crippen LogP contribution in [0.5, 0.6) is 0 Å². The van der Waals surface area contributed by atoms with Gasteiger partial charge in [0.1, 0.15) is 0 Å². The molecule has 2 N–H and O–H groups in total. The summed E-state index contributed by atoms with van der Waals surface area (Å²) in [6.07, 6.45) is 4.95. The Morgan fingerprint density at radius 3 is 3.00 bits per heavy atom. The van der Waals surface area contributed by atoms with Crippen molar-refractivity contribution in [3.63, 3.8) is 0 Å². The van der Waals surface area contributed by atoms with Crippen LogP contribution < -0.4 is 5.32 Å². The molecule has 2 unspecified atom stereocenters. The molecule has 76 valence electrons. The van der Waals surface area contributed by atoms with E-state index in [4.69, 9.17) is 0 Å². The van der Waals surface area contributed by atoms with Gasteiger partial charge < -0.3 is 10.4 Å². The van der Waals surface area contributed by atoms with E-state index in [0.29, 0.717) is 6.61 Å². The number of aliphatic hydroxyl groups is 1. The molecule has 2 fully saturated rings. The molecule has 0 spiro atoms. The van der Waals surface area contributed by atoms with E-state index in [1.54, 1.807) is 0 Å². The van der Waals surface area contributed by atoms with Crippen LogP contribution in [0.25, 0.3) is 0 Å². The third-order valence-corrected chi connectivity index (χ3v) is 4.57. The predicted molar refractivity (Wildman–Crippen MR) is 57.1 cm³/mol. The van der Waals surface area contributed by atoms with Gasteiger partial charge in [0.2, 0.25) is 0 Å². The average molecular weight is 201 g/mol. The highest BCUT2D eigenvalue weighted by Gasteiger charge is 2.35. The second-order valence-corrected chi connectivity index (χ2v) is 5.55. The average Bonchev–Trinajstić information content (AvgIpc) is 2.77. The van der Waals surface area contributed by atoms with Gasteiger partial charge in [0.05, 0.1) is 6.61 Å². The van der Waals surface area contributed by atoms with Crippen LogP contribution in [-0.2, 0) is 0 Å². The Morgan fingerprint density at radius 1 is 1.54 bits per heavy atom. The molecule has 2 aliphatic heterocycles. The Bertz CT molecular complexity index is 162. The van der Waals surface area contributed by atoms with Gasteiger partial charge in [-0.3, -0.25) is 0 Å². The maximum absolute atomic E-state index is 9.41. The standard InChI is InChI=1S/C10H19NOS/c12-8-10(3-1-4-11-10)6-9-2-5-13-7-9/h9,11-12H,1-8H2. The zero-order chi connectivity index (χ0) is 9.15. The van der Waals surface area contributed by atoms with Crippen molar-refractivity contribution in [3.8, 4) is 0 Å². The highest BCUT2D eigenvalue weighted by Crippen LogP contribution is 2.33. The molecule has 0 radical (unpaired) electrons. The fraction of sp³-hybridized carbons (Fsp3) is 1.00. The zero-order valence-corrected chi connectivity index (χ0v) is 8.91. The molecule has 0 aromatic heterocycles. The fourth-order valence-corrected chi connectivity index (χ4v) is 3.82. The van der Waals surface area contributed by atoms with Gasteiger partial charge in [0.25, 0.3) is 0 Å². The van der Waals surface area contributed by atoms with Crippen LogP contribution in [0.1, 0.15) is 25.7 Å². The van der Waals surface area contributed by atoms with Gasteiger partial charge in [-0.15, -0.1) is 0 Å². The molecular weight excluding hydrogens is 182 g/mol. The molecule has 0 bridgehead atoms. The van der Waals surface area contributed by atoms with Crippen molar-refractivity contribution in [2.45, 2.75) is 31.2 Å². The Kier molecular flexibility index (Phi) is 3.17. The molecule has 3 heteroatoms. The van der Waals surface area contributed by atoms with E-state index in [-0.39, 0.29) is 5.54 Å². The van der Waals surface area contributed by atoms with E-state index in [0.717, 1.165) is 12.5 Å². The van der Waals surface area contributed by atoms with E-state index >= 15 is 0 Å². The summed E-state index contributed by atoms with van der Waals surface area (Å²) >= 11 is 2.07. The van der Waals surface area contributed by atoms with Crippen LogP contribution in [0.4, 0.5) is 0 Å². The Hall–Kier alpha value is 0.270. The summed E-state index contributed by atoms with van der Waals surface area (Å²) in [5.74, 6) is 3.48. The van der Waals surface area contributed by atoms with Crippen molar-refractivity contribution >= 4 is 11.8 Å². The molecule has 13 heavy (non-hydrogen) atoms. The number of aliphatic hydroxyl groups excluding tert-OH is 1. The largest absolute Gasteiger partial charge is 0.394 e. The second-order valence-electron chi connectivity index (χ2n) is 4.40.